The molecule has 1 aliphatic heterocycles. The summed E-state index contributed by atoms with van der Waals surface area (Å²) in [5.41, 5.74) is 5.49. The molecular weight excluding hydrogens is 214 g/mol. The molecule has 1 aliphatic carbocycles. The quantitative estimate of drug-likeness (QED) is 0.717. The fraction of sp³-hybridized carbons (Fsp3) is 0.923. The molecule has 2 aliphatic rings. The van der Waals surface area contributed by atoms with E-state index in [4.69, 9.17) is 5.73 Å². The van der Waals surface area contributed by atoms with E-state index in [9.17, 15) is 4.79 Å². The Morgan fingerprint density at radius 2 is 1.82 bits per heavy atom. The van der Waals surface area contributed by atoms with Gasteiger partial charge in [-0.2, -0.15) is 0 Å². The maximum atomic E-state index is 12.0. The van der Waals surface area contributed by atoms with Crippen molar-refractivity contribution in [3.05, 3.63) is 0 Å². The van der Waals surface area contributed by atoms with Crippen LogP contribution in [0.25, 0.3) is 0 Å². The van der Waals surface area contributed by atoms with Gasteiger partial charge in [0.25, 0.3) is 0 Å². The second-order valence-electron chi connectivity index (χ2n) is 5.29. The highest BCUT2D eigenvalue weighted by Gasteiger charge is 2.30. The maximum Gasteiger partial charge on any atom is 0.225 e. The molecule has 17 heavy (non-hydrogen) atoms. The highest BCUT2D eigenvalue weighted by atomic mass is 16.2. The zero-order valence-corrected chi connectivity index (χ0v) is 10.7. The molecule has 4 nitrogen and oxygen atoms in total. The molecule has 1 saturated heterocycles. The van der Waals surface area contributed by atoms with Crippen molar-refractivity contribution in [2.75, 3.05) is 39.3 Å². The van der Waals surface area contributed by atoms with Crippen LogP contribution in [0.5, 0.6) is 0 Å². The number of nitrogens with zero attached hydrogens (tertiary/aromatic N) is 2. The van der Waals surface area contributed by atoms with Gasteiger partial charge in [-0.3, -0.25) is 9.69 Å². The number of hydrogen-bond acceptors (Lipinski definition) is 3. The lowest BCUT2D eigenvalue weighted by Gasteiger charge is -2.38. The minimum absolute atomic E-state index is 0.360. The van der Waals surface area contributed by atoms with Crippen LogP contribution >= 0.6 is 0 Å². The number of carbonyl (C=O) groups excluding carboxylic acids is 1. The first-order chi connectivity index (χ1) is 8.31. The molecule has 2 N–H and O–H groups in total. The monoisotopic (exact) mass is 239 g/mol. The first kappa shape index (κ1) is 12.8. The molecule has 98 valence electrons. The van der Waals surface area contributed by atoms with E-state index >= 15 is 0 Å². The molecule has 0 atom stereocenters. The normalized spacial score (nSPS) is 22.5. The van der Waals surface area contributed by atoms with Crippen molar-refractivity contribution in [1.29, 1.82) is 0 Å². The topological polar surface area (TPSA) is 49.6 Å². The average molecular weight is 239 g/mol. The van der Waals surface area contributed by atoms with Crippen LogP contribution < -0.4 is 5.73 Å². The van der Waals surface area contributed by atoms with Crippen LogP contribution in [-0.4, -0.2) is 55.0 Å². The molecule has 0 bridgehead atoms. The van der Waals surface area contributed by atoms with Crippen LogP contribution in [0, 0.1) is 5.92 Å². The van der Waals surface area contributed by atoms with Crippen molar-refractivity contribution in [2.24, 2.45) is 11.7 Å². The molecule has 0 unspecified atom stereocenters. The molecule has 0 radical (unpaired) electrons. The summed E-state index contributed by atoms with van der Waals surface area (Å²) in [6.07, 6.45) is 5.79. The Kier molecular flexibility index (Phi) is 4.80. The zero-order chi connectivity index (χ0) is 12.1. The molecule has 0 aromatic heterocycles. The first-order valence-corrected chi connectivity index (χ1v) is 7.02. The third-order valence-electron chi connectivity index (χ3n) is 4.07. The summed E-state index contributed by atoms with van der Waals surface area (Å²) in [6, 6.07) is 0. The summed E-state index contributed by atoms with van der Waals surface area (Å²) < 4.78 is 0. The van der Waals surface area contributed by atoms with Crippen molar-refractivity contribution in [3.63, 3.8) is 0 Å². The van der Waals surface area contributed by atoms with Gasteiger partial charge in [-0.15, -0.1) is 0 Å². The van der Waals surface area contributed by atoms with Gasteiger partial charge in [0.05, 0.1) is 0 Å². The van der Waals surface area contributed by atoms with Crippen molar-refractivity contribution < 1.29 is 4.79 Å². The second-order valence-corrected chi connectivity index (χ2v) is 5.29. The van der Waals surface area contributed by atoms with E-state index < -0.39 is 0 Å². The van der Waals surface area contributed by atoms with E-state index in [0.717, 1.165) is 58.5 Å². The first-order valence-electron chi connectivity index (χ1n) is 7.02. The van der Waals surface area contributed by atoms with Crippen molar-refractivity contribution in [2.45, 2.75) is 32.1 Å². The number of hydrogen-bond donors (Lipinski definition) is 1. The Morgan fingerprint density at radius 3 is 2.35 bits per heavy atom. The summed E-state index contributed by atoms with van der Waals surface area (Å²) in [6.45, 7) is 5.88. The summed E-state index contributed by atoms with van der Waals surface area (Å²) in [7, 11) is 0. The number of nitrogens with two attached hydrogens (primary N) is 1. The number of piperazine rings is 1. The summed E-state index contributed by atoms with van der Waals surface area (Å²) in [5, 5.41) is 0. The molecule has 1 amide bonds. The zero-order valence-electron chi connectivity index (χ0n) is 10.7. The second kappa shape index (κ2) is 6.36. The van der Waals surface area contributed by atoms with Gasteiger partial charge < -0.3 is 10.6 Å². The number of rotatable bonds is 5. The molecule has 2 fully saturated rings. The van der Waals surface area contributed by atoms with E-state index in [0.29, 0.717) is 11.8 Å². The third-order valence-corrected chi connectivity index (χ3v) is 4.07. The van der Waals surface area contributed by atoms with Crippen LogP contribution in [0.4, 0.5) is 0 Å². The van der Waals surface area contributed by atoms with Crippen LogP contribution in [0.1, 0.15) is 32.1 Å². The van der Waals surface area contributed by atoms with E-state index in [1.807, 2.05) is 0 Å². The van der Waals surface area contributed by atoms with E-state index in [2.05, 4.69) is 9.80 Å². The third kappa shape index (κ3) is 3.42. The standard InChI is InChI=1S/C13H25N3O/c14-6-1-2-7-15-8-10-16(11-9-15)13(17)12-4-3-5-12/h12H,1-11,14H2. The van der Waals surface area contributed by atoms with E-state index in [1.165, 1.54) is 12.8 Å². The lowest BCUT2D eigenvalue weighted by atomic mass is 9.84. The van der Waals surface area contributed by atoms with Gasteiger partial charge in [0.1, 0.15) is 0 Å². The van der Waals surface area contributed by atoms with Gasteiger partial charge in [0.15, 0.2) is 0 Å². The summed E-state index contributed by atoms with van der Waals surface area (Å²) >= 11 is 0. The minimum atomic E-state index is 0.360. The smallest absolute Gasteiger partial charge is 0.225 e. The number of amides is 1. The Balaban J connectivity index is 1.65. The summed E-state index contributed by atoms with van der Waals surface area (Å²) in [4.78, 5) is 16.6. The van der Waals surface area contributed by atoms with Crippen molar-refractivity contribution in [3.8, 4) is 0 Å². The van der Waals surface area contributed by atoms with Crippen LogP contribution in [0.3, 0.4) is 0 Å². The Hall–Kier alpha value is -0.610. The minimum Gasteiger partial charge on any atom is -0.340 e. The fourth-order valence-electron chi connectivity index (χ4n) is 2.59. The number of carbonyl (C=O) groups is 1. The Bertz CT molecular complexity index is 245. The molecule has 0 aromatic rings. The molecule has 4 heteroatoms. The maximum absolute atomic E-state index is 12.0. The van der Waals surface area contributed by atoms with Crippen molar-refractivity contribution >= 4 is 5.91 Å². The van der Waals surface area contributed by atoms with E-state index in [1.54, 1.807) is 0 Å². The van der Waals surface area contributed by atoms with Crippen molar-refractivity contribution in [1.82, 2.24) is 9.80 Å². The lowest BCUT2D eigenvalue weighted by Crippen LogP contribution is -2.51. The fourth-order valence-corrected chi connectivity index (χ4v) is 2.59. The van der Waals surface area contributed by atoms with Gasteiger partial charge >= 0.3 is 0 Å². The lowest BCUT2D eigenvalue weighted by molar-refractivity contribution is -0.139. The van der Waals surface area contributed by atoms with Gasteiger partial charge in [0.2, 0.25) is 5.91 Å². The van der Waals surface area contributed by atoms with Gasteiger partial charge in [-0.05, 0) is 38.8 Å². The van der Waals surface area contributed by atoms with Crippen LogP contribution in [0.15, 0.2) is 0 Å². The molecule has 0 spiro atoms. The van der Waals surface area contributed by atoms with Crippen LogP contribution in [-0.2, 0) is 4.79 Å². The van der Waals surface area contributed by atoms with Gasteiger partial charge in [-0.25, -0.2) is 0 Å². The van der Waals surface area contributed by atoms with Gasteiger partial charge in [0, 0.05) is 32.1 Å². The molecular formula is C13H25N3O. The molecule has 1 saturated carbocycles. The predicted octanol–water partition coefficient (Wildman–Crippen LogP) is 0.670. The SMILES string of the molecule is NCCCCN1CCN(C(=O)C2CCC2)CC1. The molecule has 1 heterocycles. The molecule has 2 rings (SSSR count). The Morgan fingerprint density at radius 1 is 1.12 bits per heavy atom. The summed E-state index contributed by atoms with van der Waals surface area (Å²) in [5.74, 6) is 0.775. The highest BCUT2D eigenvalue weighted by Crippen LogP contribution is 2.28. The highest BCUT2D eigenvalue weighted by molar-refractivity contribution is 5.79. The largest absolute Gasteiger partial charge is 0.340 e. The van der Waals surface area contributed by atoms with Gasteiger partial charge in [-0.1, -0.05) is 6.42 Å². The number of unbranched alkanes of at least 4 members (excludes halogenated alkanes) is 1. The molecule has 0 aromatic carbocycles. The van der Waals surface area contributed by atoms with Crippen LogP contribution in [0.2, 0.25) is 0 Å². The average Bonchev–Trinajstić information content (AvgIpc) is 2.28. The Labute approximate surface area is 104 Å². The van der Waals surface area contributed by atoms with E-state index in [-0.39, 0.29) is 0 Å². The predicted molar refractivity (Wildman–Crippen MR) is 68.6 cm³/mol.